The maximum Gasteiger partial charge on any atom is 0.337 e. The van der Waals surface area contributed by atoms with Crippen molar-refractivity contribution in [3.05, 3.63) is 29.6 Å². The van der Waals surface area contributed by atoms with Gasteiger partial charge in [0.05, 0.1) is 11.3 Å². The molecule has 7 nitrogen and oxygen atoms in total. The van der Waals surface area contributed by atoms with Crippen LogP contribution in [0, 0.1) is 5.82 Å². The molecule has 0 saturated carbocycles. The van der Waals surface area contributed by atoms with Crippen molar-refractivity contribution < 1.29 is 23.9 Å². The van der Waals surface area contributed by atoms with Gasteiger partial charge in [0.25, 0.3) is 0 Å². The van der Waals surface area contributed by atoms with E-state index in [2.05, 4.69) is 10.6 Å². The van der Waals surface area contributed by atoms with E-state index in [9.17, 15) is 18.8 Å². The molecule has 0 aliphatic carbocycles. The summed E-state index contributed by atoms with van der Waals surface area (Å²) in [6, 6.07) is 1.73. The van der Waals surface area contributed by atoms with Gasteiger partial charge < -0.3 is 21.5 Å². The quantitative estimate of drug-likeness (QED) is 0.641. The smallest absolute Gasteiger partial charge is 0.337 e. The number of hydrogen-bond donors (Lipinski definition) is 4. The maximum atomic E-state index is 13.0. The van der Waals surface area contributed by atoms with E-state index in [1.54, 1.807) is 6.92 Å². The van der Waals surface area contributed by atoms with Crippen LogP contribution in [0.3, 0.4) is 0 Å². The highest BCUT2D eigenvalue weighted by atomic mass is 19.1. The lowest BCUT2D eigenvalue weighted by Gasteiger charge is -2.14. The number of carbonyl (C=O) groups is 3. The third-order valence-corrected chi connectivity index (χ3v) is 2.35. The van der Waals surface area contributed by atoms with Crippen LogP contribution in [-0.2, 0) is 4.79 Å². The van der Waals surface area contributed by atoms with Crippen molar-refractivity contribution in [1.29, 1.82) is 0 Å². The minimum absolute atomic E-state index is 0.0530. The van der Waals surface area contributed by atoms with Gasteiger partial charge in [-0.3, -0.25) is 4.79 Å². The average Bonchev–Trinajstić information content (AvgIpc) is 2.29. The molecule has 1 aromatic carbocycles. The maximum absolute atomic E-state index is 13.0. The van der Waals surface area contributed by atoms with Crippen molar-refractivity contribution in [2.45, 2.75) is 19.4 Å². The standard InChI is InChI=1S/C12H14FN3O4/c1-6(4-10(14)17)15-12(20)16-9-3-2-7(13)5-8(9)11(18)19/h2-3,5-6H,4H2,1H3,(H2,14,17)(H,18,19)(H2,15,16,20). The third kappa shape index (κ3) is 4.56. The lowest BCUT2D eigenvalue weighted by Crippen LogP contribution is -2.38. The van der Waals surface area contributed by atoms with Gasteiger partial charge in [0.2, 0.25) is 5.91 Å². The number of hydrogen-bond acceptors (Lipinski definition) is 3. The van der Waals surface area contributed by atoms with Crippen molar-refractivity contribution in [3.63, 3.8) is 0 Å². The number of aromatic carboxylic acids is 1. The SMILES string of the molecule is CC(CC(N)=O)NC(=O)Nc1ccc(F)cc1C(=O)O. The Morgan fingerprint density at radius 2 is 2.05 bits per heavy atom. The first kappa shape index (κ1) is 15.4. The molecule has 1 rings (SSSR count). The molecule has 3 amide bonds. The summed E-state index contributed by atoms with van der Waals surface area (Å²) in [5, 5.41) is 13.6. The molecule has 1 unspecified atom stereocenters. The number of urea groups is 1. The van der Waals surface area contributed by atoms with Crippen LogP contribution in [0.2, 0.25) is 0 Å². The second-order valence-corrected chi connectivity index (χ2v) is 4.17. The van der Waals surface area contributed by atoms with Crippen molar-refractivity contribution in [3.8, 4) is 0 Å². The summed E-state index contributed by atoms with van der Waals surface area (Å²) in [5.74, 6) is -2.67. The molecule has 1 aromatic rings. The van der Waals surface area contributed by atoms with E-state index in [4.69, 9.17) is 10.8 Å². The summed E-state index contributed by atoms with van der Waals surface area (Å²) < 4.78 is 13.0. The van der Waals surface area contributed by atoms with Crippen LogP contribution in [0.5, 0.6) is 0 Å². The second kappa shape index (κ2) is 6.50. The Labute approximate surface area is 114 Å². The van der Waals surface area contributed by atoms with Crippen molar-refractivity contribution in [1.82, 2.24) is 5.32 Å². The van der Waals surface area contributed by atoms with E-state index < -0.39 is 29.8 Å². The van der Waals surface area contributed by atoms with Gasteiger partial charge in [-0.1, -0.05) is 0 Å². The van der Waals surface area contributed by atoms with Crippen LogP contribution in [-0.4, -0.2) is 29.1 Å². The summed E-state index contributed by atoms with van der Waals surface area (Å²) in [5.41, 5.74) is 4.55. The number of benzene rings is 1. The lowest BCUT2D eigenvalue weighted by molar-refractivity contribution is -0.118. The Morgan fingerprint density at radius 3 is 2.60 bits per heavy atom. The zero-order valence-corrected chi connectivity index (χ0v) is 10.6. The molecule has 0 radical (unpaired) electrons. The topological polar surface area (TPSA) is 122 Å². The Kier molecular flexibility index (Phi) is 5.01. The monoisotopic (exact) mass is 283 g/mol. The second-order valence-electron chi connectivity index (χ2n) is 4.17. The van der Waals surface area contributed by atoms with E-state index in [1.807, 2.05) is 0 Å². The highest BCUT2D eigenvalue weighted by Gasteiger charge is 2.15. The van der Waals surface area contributed by atoms with Crippen LogP contribution in [0.1, 0.15) is 23.7 Å². The number of carboxylic acids is 1. The van der Waals surface area contributed by atoms with Gasteiger partial charge in [-0.25, -0.2) is 14.0 Å². The Hall–Kier alpha value is -2.64. The van der Waals surface area contributed by atoms with Crippen LogP contribution in [0.25, 0.3) is 0 Å². The van der Waals surface area contributed by atoms with E-state index >= 15 is 0 Å². The first-order chi connectivity index (χ1) is 9.29. The normalized spacial score (nSPS) is 11.5. The van der Waals surface area contributed by atoms with E-state index in [-0.39, 0.29) is 17.7 Å². The predicted molar refractivity (Wildman–Crippen MR) is 68.8 cm³/mol. The van der Waals surface area contributed by atoms with Gasteiger partial charge in [0, 0.05) is 12.5 Å². The molecule has 0 bridgehead atoms. The van der Waals surface area contributed by atoms with Crippen LogP contribution < -0.4 is 16.4 Å². The number of carbonyl (C=O) groups excluding carboxylic acids is 2. The van der Waals surface area contributed by atoms with Gasteiger partial charge in [-0.15, -0.1) is 0 Å². The van der Waals surface area contributed by atoms with Gasteiger partial charge >= 0.3 is 12.0 Å². The van der Waals surface area contributed by atoms with Gasteiger partial charge in [0.1, 0.15) is 5.82 Å². The minimum Gasteiger partial charge on any atom is -0.478 e. The summed E-state index contributed by atoms with van der Waals surface area (Å²) in [6.07, 6.45) is -0.0530. The molecule has 0 aliphatic rings. The van der Waals surface area contributed by atoms with Gasteiger partial charge in [-0.2, -0.15) is 0 Å². The molecule has 0 spiro atoms. The first-order valence-electron chi connectivity index (χ1n) is 5.68. The molecule has 0 fully saturated rings. The zero-order valence-electron chi connectivity index (χ0n) is 10.6. The van der Waals surface area contributed by atoms with Crippen molar-refractivity contribution in [2.24, 2.45) is 5.73 Å². The Bertz CT molecular complexity index is 548. The highest BCUT2D eigenvalue weighted by Crippen LogP contribution is 2.17. The molecular weight excluding hydrogens is 269 g/mol. The summed E-state index contributed by atoms with van der Waals surface area (Å²) >= 11 is 0. The fraction of sp³-hybridized carbons (Fsp3) is 0.250. The molecule has 20 heavy (non-hydrogen) atoms. The summed E-state index contributed by atoms with van der Waals surface area (Å²) in [4.78, 5) is 33.2. The number of nitrogens with two attached hydrogens (primary N) is 1. The van der Waals surface area contributed by atoms with Crippen LogP contribution in [0.15, 0.2) is 18.2 Å². The number of amides is 3. The molecule has 108 valence electrons. The molecule has 0 aliphatic heterocycles. The molecule has 8 heteroatoms. The average molecular weight is 283 g/mol. The van der Waals surface area contributed by atoms with Crippen LogP contribution in [0.4, 0.5) is 14.9 Å². The summed E-state index contributed by atoms with van der Waals surface area (Å²) in [6.45, 7) is 1.56. The number of carboxylic acid groups (broad SMARTS) is 1. The van der Waals surface area contributed by atoms with E-state index in [0.29, 0.717) is 0 Å². The summed E-state index contributed by atoms with van der Waals surface area (Å²) in [7, 11) is 0. The minimum atomic E-state index is -1.37. The highest BCUT2D eigenvalue weighted by molar-refractivity contribution is 6.00. The van der Waals surface area contributed by atoms with Gasteiger partial charge in [-0.05, 0) is 25.1 Å². The molecule has 0 aromatic heterocycles. The number of primary amides is 1. The van der Waals surface area contributed by atoms with E-state index in [1.165, 1.54) is 0 Å². The number of halogens is 1. The Balaban J connectivity index is 2.76. The number of nitrogens with one attached hydrogen (secondary N) is 2. The third-order valence-electron chi connectivity index (χ3n) is 2.35. The fourth-order valence-electron chi connectivity index (χ4n) is 1.54. The van der Waals surface area contributed by atoms with Crippen molar-refractivity contribution in [2.75, 3.05) is 5.32 Å². The molecule has 1 atom stereocenters. The number of rotatable bonds is 5. The van der Waals surface area contributed by atoms with Crippen molar-refractivity contribution >= 4 is 23.6 Å². The molecule has 0 saturated heterocycles. The van der Waals surface area contributed by atoms with Gasteiger partial charge in [0.15, 0.2) is 0 Å². The molecule has 0 heterocycles. The number of anilines is 1. The predicted octanol–water partition coefficient (Wildman–Crippen LogP) is 0.909. The Morgan fingerprint density at radius 1 is 1.40 bits per heavy atom. The molecule has 5 N–H and O–H groups in total. The lowest BCUT2D eigenvalue weighted by atomic mass is 10.1. The largest absolute Gasteiger partial charge is 0.478 e. The zero-order chi connectivity index (χ0) is 15.3. The first-order valence-corrected chi connectivity index (χ1v) is 5.68. The fourth-order valence-corrected chi connectivity index (χ4v) is 1.54. The molecular formula is C12H14FN3O4. The van der Waals surface area contributed by atoms with Crippen LogP contribution >= 0.6 is 0 Å². The van der Waals surface area contributed by atoms with E-state index in [0.717, 1.165) is 18.2 Å².